The molecule has 0 radical (unpaired) electrons. The molecule has 2 aromatic rings. The highest BCUT2D eigenvalue weighted by atomic mass is 35.5. The molecule has 0 saturated heterocycles. The van der Waals surface area contributed by atoms with Crippen LogP contribution in [0.5, 0.6) is 11.5 Å². The molecule has 0 N–H and O–H groups in total. The molecule has 1 aromatic heterocycles. The fourth-order valence-electron chi connectivity index (χ4n) is 4.86. The van der Waals surface area contributed by atoms with E-state index in [1.54, 1.807) is 12.4 Å². The average molecular weight is 501 g/mol. The molecule has 1 saturated carbocycles. The summed E-state index contributed by atoms with van der Waals surface area (Å²) in [5, 5.41) is 0.0593. The summed E-state index contributed by atoms with van der Waals surface area (Å²) in [5.41, 5.74) is 0.962. The topological polar surface area (TPSA) is 44.2 Å². The second-order valence-electron chi connectivity index (χ2n) is 10.1. The van der Waals surface area contributed by atoms with Gasteiger partial charge in [0.25, 0.3) is 0 Å². The van der Waals surface area contributed by atoms with Crippen LogP contribution < -0.4 is 9.47 Å². The molecule has 0 unspecified atom stereocenters. The van der Waals surface area contributed by atoms with Crippen LogP contribution in [-0.2, 0) is 0 Å². The lowest BCUT2D eigenvalue weighted by molar-refractivity contribution is 0.301. The van der Waals surface area contributed by atoms with Crippen LogP contribution in [0.1, 0.15) is 103 Å². The van der Waals surface area contributed by atoms with Crippen molar-refractivity contribution in [2.24, 2.45) is 5.92 Å². The number of ether oxygens (including phenoxy) is 2. The third-order valence-electron chi connectivity index (χ3n) is 7.04. The van der Waals surface area contributed by atoms with E-state index in [1.807, 2.05) is 24.3 Å². The van der Waals surface area contributed by atoms with Crippen molar-refractivity contribution in [3.05, 3.63) is 36.7 Å². The van der Waals surface area contributed by atoms with Crippen LogP contribution in [-0.4, -0.2) is 28.6 Å². The minimum Gasteiger partial charge on any atom is -0.492 e. The zero-order valence-corrected chi connectivity index (χ0v) is 22.5. The molecule has 1 aromatic carbocycles. The van der Waals surface area contributed by atoms with Crippen LogP contribution in [0.4, 0.5) is 0 Å². The van der Waals surface area contributed by atoms with Crippen LogP contribution in [0.25, 0.3) is 11.4 Å². The number of aromatic nitrogens is 2. The lowest BCUT2D eigenvalue weighted by atomic mass is 9.99. The predicted octanol–water partition coefficient (Wildman–Crippen LogP) is 9.01. The lowest BCUT2D eigenvalue weighted by Crippen LogP contribution is -2.11. The van der Waals surface area contributed by atoms with Crippen LogP contribution in [0.15, 0.2) is 36.7 Å². The summed E-state index contributed by atoms with van der Waals surface area (Å²) in [6, 6.07) is 7.89. The summed E-state index contributed by atoms with van der Waals surface area (Å²) in [6.45, 7) is 3.49. The van der Waals surface area contributed by atoms with Gasteiger partial charge in [-0.1, -0.05) is 90.4 Å². The second kappa shape index (κ2) is 16.8. The Morgan fingerprint density at radius 2 is 1.51 bits per heavy atom. The van der Waals surface area contributed by atoms with E-state index >= 15 is 0 Å². The van der Waals surface area contributed by atoms with Crippen LogP contribution in [0.3, 0.4) is 0 Å². The Hall–Kier alpha value is -1.81. The van der Waals surface area contributed by atoms with E-state index in [1.165, 1.54) is 83.5 Å². The van der Waals surface area contributed by atoms with E-state index in [0.717, 1.165) is 42.4 Å². The predicted molar refractivity (Wildman–Crippen MR) is 147 cm³/mol. The van der Waals surface area contributed by atoms with Gasteiger partial charge in [0.15, 0.2) is 11.6 Å². The first-order chi connectivity index (χ1) is 17.2. The van der Waals surface area contributed by atoms with Crippen molar-refractivity contribution in [3.63, 3.8) is 0 Å². The number of hydrogen-bond donors (Lipinski definition) is 0. The summed E-state index contributed by atoms with van der Waals surface area (Å²) >= 11 is 6.39. The summed E-state index contributed by atoms with van der Waals surface area (Å²) in [4.78, 5) is 8.96. The summed E-state index contributed by atoms with van der Waals surface area (Å²) in [6.07, 6.45) is 23.2. The fraction of sp³-hybridized carbons (Fsp3) is 0.667. The second-order valence-corrected chi connectivity index (χ2v) is 10.7. The van der Waals surface area contributed by atoms with Gasteiger partial charge >= 0.3 is 0 Å². The maximum Gasteiger partial charge on any atom is 0.159 e. The van der Waals surface area contributed by atoms with Crippen molar-refractivity contribution in [1.29, 1.82) is 0 Å². The number of rotatable bonds is 18. The Morgan fingerprint density at radius 1 is 0.829 bits per heavy atom. The molecule has 0 bridgehead atoms. The molecular weight excluding hydrogens is 456 g/mol. The number of halogens is 1. The van der Waals surface area contributed by atoms with Crippen molar-refractivity contribution in [2.45, 2.75) is 109 Å². The average Bonchev–Trinajstić information content (AvgIpc) is 3.41. The monoisotopic (exact) mass is 500 g/mol. The minimum atomic E-state index is 0.0593. The number of nitrogens with zero attached hydrogens (tertiary/aromatic N) is 2. The Bertz CT molecular complexity index is 791. The van der Waals surface area contributed by atoms with E-state index in [4.69, 9.17) is 21.1 Å². The summed E-state index contributed by atoms with van der Waals surface area (Å²) in [7, 11) is 0. The van der Waals surface area contributed by atoms with Crippen LogP contribution in [0.2, 0.25) is 0 Å². The first-order valence-corrected chi connectivity index (χ1v) is 14.5. The lowest BCUT2D eigenvalue weighted by Gasteiger charge is -2.12. The van der Waals surface area contributed by atoms with Crippen molar-refractivity contribution in [2.75, 3.05) is 13.2 Å². The van der Waals surface area contributed by atoms with Crippen molar-refractivity contribution >= 4 is 11.6 Å². The summed E-state index contributed by atoms with van der Waals surface area (Å²) < 4.78 is 11.7. The third-order valence-corrected chi connectivity index (χ3v) is 7.39. The van der Waals surface area contributed by atoms with E-state index in [0.29, 0.717) is 12.4 Å². The summed E-state index contributed by atoms with van der Waals surface area (Å²) in [5.74, 6) is 3.28. The Balaban J connectivity index is 1.27. The fourth-order valence-corrected chi connectivity index (χ4v) is 5.07. The standard InChI is InChI=1S/C30H45ClN2O2/c1-2-3-4-9-16-27(31)24-35-28-19-17-26(18-20-28)30-32-22-29(23-33-30)34-21-12-7-5-6-8-13-25-14-10-11-15-25/h17-20,22-23,25,27H,2-16,21,24H2,1H3/t27-/m1/s1. The SMILES string of the molecule is CCCCCC[C@@H](Cl)COc1ccc(-c2ncc(OCCCCCCCC3CCCC3)cn2)cc1. The molecule has 5 heteroatoms. The number of hydrogen-bond acceptors (Lipinski definition) is 4. The molecule has 1 aliphatic rings. The Labute approximate surface area is 218 Å². The highest BCUT2D eigenvalue weighted by molar-refractivity contribution is 6.20. The number of benzene rings is 1. The van der Waals surface area contributed by atoms with E-state index < -0.39 is 0 Å². The highest BCUT2D eigenvalue weighted by Crippen LogP contribution is 2.29. The highest BCUT2D eigenvalue weighted by Gasteiger charge is 2.13. The largest absolute Gasteiger partial charge is 0.492 e. The van der Waals surface area contributed by atoms with Gasteiger partial charge in [0, 0.05) is 5.56 Å². The van der Waals surface area contributed by atoms with Crippen LogP contribution >= 0.6 is 11.6 Å². The molecule has 1 heterocycles. The van der Waals surface area contributed by atoms with Gasteiger partial charge in [-0.25, -0.2) is 9.97 Å². The Morgan fingerprint density at radius 3 is 2.26 bits per heavy atom. The van der Waals surface area contributed by atoms with Gasteiger partial charge in [0.2, 0.25) is 0 Å². The normalized spacial score (nSPS) is 14.8. The first-order valence-electron chi connectivity index (χ1n) is 14.1. The van der Waals surface area contributed by atoms with Crippen LogP contribution in [0, 0.1) is 5.92 Å². The van der Waals surface area contributed by atoms with E-state index in [9.17, 15) is 0 Å². The van der Waals surface area contributed by atoms with Crippen molar-refractivity contribution in [3.8, 4) is 22.9 Å². The van der Waals surface area contributed by atoms with Crippen molar-refractivity contribution in [1.82, 2.24) is 9.97 Å². The van der Waals surface area contributed by atoms with E-state index in [-0.39, 0.29) is 5.38 Å². The van der Waals surface area contributed by atoms with Gasteiger partial charge in [-0.05, 0) is 43.0 Å². The molecule has 35 heavy (non-hydrogen) atoms. The Kier molecular flexibility index (Phi) is 13.3. The molecule has 1 fully saturated rings. The molecule has 194 valence electrons. The zero-order chi connectivity index (χ0) is 24.6. The zero-order valence-electron chi connectivity index (χ0n) is 21.7. The molecule has 0 amide bonds. The molecule has 1 atom stereocenters. The van der Waals surface area contributed by atoms with Gasteiger partial charge in [-0.3, -0.25) is 0 Å². The van der Waals surface area contributed by atoms with Gasteiger partial charge in [0.05, 0.1) is 24.4 Å². The molecule has 3 rings (SSSR count). The molecule has 0 spiro atoms. The minimum absolute atomic E-state index is 0.0593. The molecule has 0 aliphatic heterocycles. The van der Waals surface area contributed by atoms with Gasteiger partial charge < -0.3 is 9.47 Å². The molecule has 4 nitrogen and oxygen atoms in total. The molecular formula is C30H45ClN2O2. The number of unbranched alkanes of at least 4 members (excludes halogenated alkanes) is 7. The maximum atomic E-state index is 6.39. The van der Waals surface area contributed by atoms with E-state index in [2.05, 4.69) is 16.9 Å². The molecule has 1 aliphatic carbocycles. The first kappa shape index (κ1) is 27.8. The maximum absolute atomic E-state index is 6.39. The third kappa shape index (κ3) is 11.2. The van der Waals surface area contributed by atoms with Gasteiger partial charge in [-0.15, -0.1) is 11.6 Å². The quantitative estimate of drug-likeness (QED) is 0.151. The van der Waals surface area contributed by atoms with Crippen molar-refractivity contribution < 1.29 is 9.47 Å². The van der Waals surface area contributed by atoms with Gasteiger partial charge in [0.1, 0.15) is 12.4 Å². The smallest absolute Gasteiger partial charge is 0.159 e. The number of alkyl halides is 1. The van der Waals surface area contributed by atoms with Gasteiger partial charge in [-0.2, -0.15) is 0 Å².